The number of aryl methyl sites for hydroxylation is 1. The topological polar surface area (TPSA) is 86.5 Å². The maximum absolute atomic E-state index is 11.1. The average Bonchev–Trinajstić information content (AvgIpc) is 3.31. The summed E-state index contributed by atoms with van der Waals surface area (Å²) in [6.07, 6.45) is -0.0136. The first-order valence-corrected chi connectivity index (χ1v) is 10.3. The van der Waals surface area contributed by atoms with Crippen molar-refractivity contribution in [3.05, 3.63) is 52.5 Å². The Morgan fingerprint density at radius 2 is 2.14 bits per heavy atom. The lowest BCUT2D eigenvalue weighted by molar-refractivity contribution is -0.137. The van der Waals surface area contributed by atoms with E-state index in [1.165, 1.54) is 11.8 Å². The lowest BCUT2D eigenvalue weighted by atomic mass is 10.1. The zero-order valence-electron chi connectivity index (χ0n) is 15.6. The van der Waals surface area contributed by atoms with Gasteiger partial charge in [-0.25, -0.2) is 0 Å². The van der Waals surface area contributed by atoms with E-state index in [2.05, 4.69) is 10.2 Å². The summed E-state index contributed by atoms with van der Waals surface area (Å²) in [6, 6.07) is 11.6. The Balaban J connectivity index is 1.60. The van der Waals surface area contributed by atoms with Gasteiger partial charge in [-0.3, -0.25) is 4.79 Å². The molecule has 2 heterocycles. The van der Waals surface area contributed by atoms with Gasteiger partial charge in [0.2, 0.25) is 6.79 Å². The molecule has 0 spiro atoms. The lowest BCUT2D eigenvalue weighted by Crippen LogP contribution is -2.07. The Kier molecular flexibility index (Phi) is 5.64. The predicted octanol–water partition coefficient (Wildman–Crippen LogP) is 4.40. The number of halogens is 1. The van der Waals surface area contributed by atoms with Gasteiger partial charge >= 0.3 is 5.97 Å². The van der Waals surface area contributed by atoms with Gasteiger partial charge in [0.25, 0.3) is 0 Å². The number of carbonyl (C=O) groups is 1. The van der Waals surface area contributed by atoms with Crippen molar-refractivity contribution in [1.29, 1.82) is 0 Å². The second-order valence-electron chi connectivity index (χ2n) is 6.57. The van der Waals surface area contributed by atoms with Gasteiger partial charge in [-0.2, -0.15) is 0 Å². The number of rotatable bonds is 7. The Bertz CT molecular complexity index is 1070. The third kappa shape index (κ3) is 4.33. The molecule has 7 nitrogen and oxygen atoms in total. The molecule has 9 heteroatoms. The van der Waals surface area contributed by atoms with E-state index in [1.54, 1.807) is 0 Å². The molecule has 4 rings (SSSR count). The van der Waals surface area contributed by atoms with Crippen molar-refractivity contribution < 1.29 is 19.4 Å². The first-order chi connectivity index (χ1) is 14.0. The van der Waals surface area contributed by atoms with E-state index >= 15 is 0 Å². The molecule has 3 aromatic rings. The third-order valence-corrected chi connectivity index (χ3v) is 5.72. The summed E-state index contributed by atoms with van der Waals surface area (Å²) in [5, 5.41) is 18.9. The van der Waals surface area contributed by atoms with Crippen molar-refractivity contribution in [3.8, 4) is 22.9 Å². The van der Waals surface area contributed by atoms with Crippen LogP contribution in [-0.2, 0) is 17.1 Å². The van der Waals surface area contributed by atoms with Crippen LogP contribution in [0.4, 0.5) is 0 Å². The zero-order valence-corrected chi connectivity index (χ0v) is 17.2. The van der Waals surface area contributed by atoms with E-state index in [-0.39, 0.29) is 19.8 Å². The Labute approximate surface area is 176 Å². The lowest BCUT2D eigenvalue weighted by Gasteiger charge is -2.10. The standard InChI is InChI=1S/C20H18ClN3O4S/c1-12-3-2-4-14(7-12)19-22-23-20(24(19)6-5-17(25)26)29-10-13-8-15(21)18-16(9-13)27-11-28-18/h2-4,7-9H,5-6,10-11H2,1H3,(H,25,26). The Hall–Kier alpha value is -2.71. The summed E-state index contributed by atoms with van der Waals surface area (Å²) >= 11 is 7.73. The quantitative estimate of drug-likeness (QED) is 0.554. The zero-order chi connectivity index (χ0) is 20.4. The van der Waals surface area contributed by atoms with Crippen LogP contribution in [0.2, 0.25) is 5.02 Å². The van der Waals surface area contributed by atoms with Crippen LogP contribution in [-0.4, -0.2) is 32.6 Å². The second kappa shape index (κ2) is 8.34. The molecular formula is C20H18ClN3O4S. The van der Waals surface area contributed by atoms with Crippen LogP contribution in [0.25, 0.3) is 11.4 Å². The van der Waals surface area contributed by atoms with Crippen molar-refractivity contribution >= 4 is 29.3 Å². The van der Waals surface area contributed by atoms with Crippen molar-refractivity contribution in [3.63, 3.8) is 0 Å². The van der Waals surface area contributed by atoms with Crippen molar-refractivity contribution in [2.75, 3.05) is 6.79 Å². The maximum Gasteiger partial charge on any atom is 0.305 e. The fourth-order valence-electron chi connectivity index (χ4n) is 3.05. The van der Waals surface area contributed by atoms with Gasteiger partial charge in [0.1, 0.15) is 0 Å². The first kappa shape index (κ1) is 19.6. The summed E-state index contributed by atoms with van der Waals surface area (Å²) in [6.45, 7) is 2.45. The van der Waals surface area contributed by atoms with Crippen LogP contribution in [0.15, 0.2) is 41.6 Å². The van der Waals surface area contributed by atoms with Crippen LogP contribution < -0.4 is 9.47 Å². The van der Waals surface area contributed by atoms with Gasteiger partial charge in [-0.05, 0) is 30.7 Å². The molecule has 1 aliphatic rings. The molecule has 1 N–H and O–H groups in total. The maximum atomic E-state index is 11.1. The molecule has 0 bridgehead atoms. The number of ether oxygens (including phenoxy) is 2. The molecule has 1 aromatic heterocycles. The van der Waals surface area contributed by atoms with Gasteiger partial charge in [0.05, 0.1) is 11.4 Å². The van der Waals surface area contributed by atoms with Crippen LogP contribution in [0, 0.1) is 6.92 Å². The number of thioether (sulfide) groups is 1. The van der Waals surface area contributed by atoms with Gasteiger partial charge in [0, 0.05) is 17.9 Å². The summed E-state index contributed by atoms with van der Waals surface area (Å²) in [5.41, 5.74) is 2.95. The molecule has 0 saturated carbocycles. The molecule has 0 unspecified atom stereocenters. The smallest absolute Gasteiger partial charge is 0.305 e. The Morgan fingerprint density at radius 1 is 1.28 bits per heavy atom. The molecule has 0 aliphatic carbocycles. The third-order valence-electron chi connectivity index (χ3n) is 4.40. The van der Waals surface area contributed by atoms with Crippen molar-refractivity contribution in [2.45, 2.75) is 30.8 Å². The van der Waals surface area contributed by atoms with Crippen LogP contribution in [0.1, 0.15) is 17.5 Å². The summed E-state index contributed by atoms with van der Waals surface area (Å²) in [5.74, 6) is 1.55. The SMILES string of the molecule is Cc1cccc(-c2nnc(SCc3cc(Cl)c4c(c3)OCO4)n2CCC(=O)O)c1. The Morgan fingerprint density at radius 3 is 2.93 bits per heavy atom. The summed E-state index contributed by atoms with van der Waals surface area (Å²) in [7, 11) is 0. The number of benzene rings is 2. The van der Waals surface area contributed by atoms with Gasteiger partial charge < -0.3 is 19.1 Å². The van der Waals surface area contributed by atoms with E-state index in [0.717, 1.165) is 16.7 Å². The van der Waals surface area contributed by atoms with Crippen LogP contribution in [0.3, 0.4) is 0 Å². The minimum Gasteiger partial charge on any atom is -0.481 e. The highest BCUT2D eigenvalue weighted by Crippen LogP contribution is 2.41. The highest BCUT2D eigenvalue weighted by atomic mass is 35.5. The van der Waals surface area contributed by atoms with E-state index in [9.17, 15) is 4.79 Å². The molecule has 0 atom stereocenters. The minimum absolute atomic E-state index is 0.0136. The molecule has 0 fully saturated rings. The average molecular weight is 432 g/mol. The first-order valence-electron chi connectivity index (χ1n) is 8.94. The van der Waals surface area contributed by atoms with Crippen molar-refractivity contribution in [2.24, 2.45) is 0 Å². The van der Waals surface area contributed by atoms with Crippen LogP contribution >= 0.6 is 23.4 Å². The fraction of sp³-hybridized carbons (Fsp3) is 0.250. The summed E-state index contributed by atoms with van der Waals surface area (Å²) in [4.78, 5) is 11.1. The summed E-state index contributed by atoms with van der Waals surface area (Å²) < 4.78 is 12.6. The van der Waals surface area contributed by atoms with E-state index in [0.29, 0.717) is 33.3 Å². The molecule has 1 aliphatic heterocycles. The highest BCUT2D eigenvalue weighted by Gasteiger charge is 2.20. The minimum atomic E-state index is -0.868. The van der Waals surface area contributed by atoms with E-state index < -0.39 is 5.97 Å². The molecule has 150 valence electrons. The molecular weight excluding hydrogens is 414 g/mol. The molecule has 0 saturated heterocycles. The number of hydrogen-bond donors (Lipinski definition) is 1. The molecule has 0 radical (unpaired) electrons. The van der Waals surface area contributed by atoms with E-state index in [4.69, 9.17) is 26.2 Å². The van der Waals surface area contributed by atoms with Crippen LogP contribution in [0.5, 0.6) is 11.5 Å². The molecule has 2 aromatic carbocycles. The predicted molar refractivity (Wildman–Crippen MR) is 110 cm³/mol. The number of aromatic nitrogens is 3. The fourth-order valence-corrected chi connectivity index (χ4v) is 4.24. The normalized spacial score (nSPS) is 12.3. The highest BCUT2D eigenvalue weighted by molar-refractivity contribution is 7.98. The van der Waals surface area contributed by atoms with Gasteiger partial charge in [-0.1, -0.05) is 47.1 Å². The van der Waals surface area contributed by atoms with E-state index in [1.807, 2.05) is 47.9 Å². The second-order valence-corrected chi connectivity index (χ2v) is 7.92. The number of aliphatic carboxylic acids is 1. The van der Waals surface area contributed by atoms with Gasteiger partial charge in [0.15, 0.2) is 22.5 Å². The monoisotopic (exact) mass is 431 g/mol. The number of carboxylic acid groups (broad SMARTS) is 1. The largest absolute Gasteiger partial charge is 0.481 e. The van der Waals surface area contributed by atoms with Crippen molar-refractivity contribution in [1.82, 2.24) is 14.8 Å². The number of carboxylic acids is 1. The number of nitrogens with zero attached hydrogens (tertiary/aromatic N) is 3. The van der Waals surface area contributed by atoms with Gasteiger partial charge in [-0.15, -0.1) is 10.2 Å². The number of fused-ring (bicyclic) bond motifs is 1. The number of hydrogen-bond acceptors (Lipinski definition) is 6. The molecule has 29 heavy (non-hydrogen) atoms. The molecule has 0 amide bonds.